The van der Waals surface area contributed by atoms with Crippen LogP contribution in [0.1, 0.15) is 45.6 Å². The number of Topliss-reactive ketones (excluding diaryl/α,β-unsaturated/α-hetero) is 1. The zero-order chi connectivity index (χ0) is 17.2. The molecule has 1 aromatic rings. The van der Waals surface area contributed by atoms with Crippen LogP contribution in [0.25, 0.3) is 6.08 Å². The number of ketones is 1. The van der Waals surface area contributed by atoms with Gasteiger partial charge in [-0.1, -0.05) is 32.9 Å². The molecule has 0 aromatic heterocycles. The molecular weight excluding hydrogens is 298 g/mol. The van der Waals surface area contributed by atoms with Gasteiger partial charge in [-0.2, -0.15) is 0 Å². The van der Waals surface area contributed by atoms with Crippen LogP contribution in [0, 0.1) is 11.3 Å². The van der Waals surface area contributed by atoms with Gasteiger partial charge in [0.25, 0.3) is 0 Å². The molecule has 3 rings (SSSR count). The number of morpholine rings is 1. The smallest absolute Gasteiger partial charge is 0.162 e. The molecule has 3 nitrogen and oxygen atoms in total. The summed E-state index contributed by atoms with van der Waals surface area (Å²) in [6.45, 7) is 10.0. The van der Waals surface area contributed by atoms with Gasteiger partial charge in [-0.15, -0.1) is 0 Å². The van der Waals surface area contributed by atoms with E-state index in [9.17, 15) is 4.79 Å². The van der Waals surface area contributed by atoms with E-state index >= 15 is 0 Å². The highest BCUT2D eigenvalue weighted by molar-refractivity contribution is 6.02. The fraction of sp³-hybridized carbons (Fsp3) is 0.571. The van der Waals surface area contributed by atoms with Crippen molar-refractivity contribution in [2.45, 2.75) is 40.0 Å². The van der Waals surface area contributed by atoms with E-state index in [0.29, 0.717) is 5.78 Å². The fourth-order valence-corrected chi connectivity index (χ4v) is 3.75. The third-order valence-corrected chi connectivity index (χ3v) is 5.23. The van der Waals surface area contributed by atoms with Crippen molar-refractivity contribution in [2.24, 2.45) is 11.3 Å². The van der Waals surface area contributed by atoms with Crippen molar-refractivity contribution in [1.29, 1.82) is 0 Å². The van der Waals surface area contributed by atoms with Crippen molar-refractivity contribution in [3.05, 3.63) is 35.4 Å². The average molecular weight is 327 g/mol. The molecule has 0 radical (unpaired) electrons. The first-order chi connectivity index (χ1) is 11.4. The lowest BCUT2D eigenvalue weighted by Crippen LogP contribution is -2.36. The maximum atomic E-state index is 12.8. The molecular formula is C21H29NO2. The average Bonchev–Trinajstić information content (AvgIpc) is 2.57. The summed E-state index contributed by atoms with van der Waals surface area (Å²) in [5, 5.41) is 0. The molecule has 1 atom stereocenters. The molecule has 0 bridgehead atoms. The predicted molar refractivity (Wildman–Crippen MR) is 99.3 cm³/mol. The summed E-state index contributed by atoms with van der Waals surface area (Å²) in [5.41, 5.74) is 3.42. The van der Waals surface area contributed by atoms with Gasteiger partial charge in [-0.3, -0.25) is 4.79 Å². The zero-order valence-electron chi connectivity index (χ0n) is 15.2. The first kappa shape index (κ1) is 17.2. The standard InChI is InChI=1S/C21H29NO2/c1-21(2,3)19-6-4-5-17(20(19)23)15-16-7-9-18(10-8-16)22-11-13-24-14-12-22/h7-10,15,19H,4-6,11-14H2,1-3H3/b17-15+/t19-/m1/s1. The van der Waals surface area contributed by atoms with Crippen molar-refractivity contribution in [3.8, 4) is 0 Å². The molecule has 24 heavy (non-hydrogen) atoms. The molecule has 0 N–H and O–H groups in total. The summed E-state index contributed by atoms with van der Waals surface area (Å²) in [5.74, 6) is 0.510. The monoisotopic (exact) mass is 327 g/mol. The number of hydrogen-bond acceptors (Lipinski definition) is 3. The van der Waals surface area contributed by atoms with Crippen LogP contribution in [0.3, 0.4) is 0 Å². The normalized spacial score (nSPS) is 24.5. The van der Waals surface area contributed by atoms with Crippen LogP contribution in [0.5, 0.6) is 0 Å². The lowest BCUT2D eigenvalue weighted by atomic mass is 9.70. The van der Waals surface area contributed by atoms with E-state index in [0.717, 1.165) is 56.7 Å². The summed E-state index contributed by atoms with van der Waals surface area (Å²) in [7, 11) is 0. The van der Waals surface area contributed by atoms with Gasteiger partial charge >= 0.3 is 0 Å². The molecule has 3 heteroatoms. The Morgan fingerprint density at radius 2 is 1.79 bits per heavy atom. The summed E-state index contributed by atoms with van der Waals surface area (Å²) < 4.78 is 5.41. The largest absolute Gasteiger partial charge is 0.378 e. The second-order valence-electron chi connectivity index (χ2n) is 8.04. The first-order valence-electron chi connectivity index (χ1n) is 9.13. The molecule has 2 aliphatic rings. The van der Waals surface area contributed by atoms with E-state index in [2.05, 4.69) is 56.0 Å². The highest BCUT2D eigenvalue weighted by atomic mass is 16.5. The minimum Gasteiger partial charge on any atom is -0.378 e. The Morgan fingerprint density at radius 3 is 2.42 bits per heavy atom. The Balaban J connectivity index is 1.74. The van der Waals surface area contributed by atoms with Crippen molar-refractivity contribution >= 4 is 17.5 Å². The highest BCUT2D eigenvalue weighted by Crippen LogP contribution is 2.38. The van der Waals surface area contributed by atoms with E-state index < -0.39 is 0 Å². The predicted octanol–water partition coefficient (Wildman–Crippen LogP) is 4.32. The molecule has 1 aromatic carbocycles. The molecule has 0 unspecified atom stereocenters. The number of carbonyl (C=O) groups excluding carboxylic acids is 1. The quantitative estimate of drug-likeness (QED) is 0.758. The van der Waals surface area contributed by atoms with Gasteiger partial charge in [-0.25, -0.2) is 0 Å². The van der Waals surface area contributed by atoms with Crippen molar-refractivity contribution in [3.63, 3.8) is 0 Å². The number of benzene rings is 1. The van der Waals surface area contributed by atoms with Gasteiger partial charge < -0.3 is 9.64 Å². The van der Waals surface area contributed by atoms with Gasteiger partial charge in [0.05, 0.1) is 13.2 Å². The van der Waals surface area contributed by atoms with Gasteiger partial charge in [0, 0.05) is 24.7 Å². The van der Waals surface area contributed by atoms with Gasteiger partial charge in [-0.05, 0) is 54.0 Å². The number of allylic oxidation sites excluding steroid dienone is 1. The van der Waals surface area contributed by atoms with E-state index in [-0.39, 0.29) is 11.3 Å². The third kappa shape index (κ3) is 3.89. The second-order valence-corrected chi connectivity index (χ2v) is 8.04. The maximum Gasteiger partial charge on any atom is 0.162 e. The Morgan fingerprint density at radius 1 is 1.12 bits per heavy atom. The molecule has 1 aliphatic heterocycles. The number of ether oxygens (including phenoxy) is 1. The van der Waals surface area contributed by atoms with Crippen molar-refractivity contribution in [1.82, 2.24) is 0 Å². The lowest BCUT2D eigenvalue weighted by Gasteiger charge is -2.33. The van der Waals surface area contributed by atoms with Crippen LogP contribution in [0.4, 0.5) is 5.69 Å². The molecule has 0 amide bonds. The minimum atomic E-state index is 0.0524. The molecule has 1 saturated heterocycles. The summed E-state index contributed by atoms with van der Waals surface area (Å²) >= 11 is 0. The number of hydrogen-bond donors (Lipinski definition) is 0. The Hall–Kier alpha value is -1.61. The van der Waals surface area contributed by atoms with Crippen LogP contribution >= 0.6 is 0 Å². The second kappa shape index (κ2) is 7.10. The fourth-order valence-electron chi connectivity index (χ4n) is 3.75. The van der Waals surface area contributed by atoms with E-state index in [1.807, 2.05) is 0 Å². The van der Waals surface area contributed by atoms with Crippen molar-refractivity contribution < 1.29 is 9.53 Å². The number of rotatable bonds is 2. The van der Waals surface area contributed by atoms with E-state index in [1.165, 1.54) is 5.69 Å². The topological polar surface area (TPSA) is 29.5 Å². The number of anilines is 1. The minimum absolute atomic E-state index is 0.0524. The third-order valence-electron chi connectivity index (χ3n) is 5.23. The zero-order valence-corrected chi connectivity index (χ0v) is 15.2. The van der Waals surface area contributed by atoms with Gasteiger partial charge in [0.15, 0.2) is 5.78 Å². The lowest BCUT2D eigenvalue weighted by molar-refractivity contribution is -0.123. The molecule has 0 spiro atoms. The van der Waals surface area contributed by atoms with Crippen LogP contribution in [0.2, 0.25) is 0 Å². The Kier molecular flexibility index (Phi) is 5.09. The summed E-state index contributed by atoms with van der Waals surface area (Å²) in [6.07, 6.45) is 5.15. The molecule has 1 aliphatic carbocycles. The van der Waals surface area contributed by atoms with Gasteiger partial charge in [0.2, 0.25) is 0 Å². The molecule has 130 valence electrons. The van der Waals surface area contributed by atoms with E-state index in [4.69, 9.17) is 4.74 Å². The molecule has 1 saturated carbocycles. The highest BCUT2D eigenvalue weighted by Gasteiger charge is 2.35. The molecule has 2 fully saturated rings. The Bertz CT molecular complexity index is 604. The van der Waals surface area contributed by atoms with Gasteiger partial charge in [0.1, 0.15) is 0 Å². The maximum absolute atomic E-state index is 12.8. The summed E-state index contributed by atoms with van der Waals surface area (Å²) in [6, 6.07) is 8.58. The van der Waals surface area contributed by atoms with Crippen LogP contribution < -0.4 is 4.90 Å². The van der Waals surface area contributed by atoms with Crippen molar-refractivity contribution in [2.75, 3.05) is 31.2 Å². The van der Waals surface area contributed by atoms with E-state index in [1.54, 1.807) is 0 Å². The SMILES string of the molecule is CC(C)(C)[C@@H]1CCC/C(=C\c2ccc(N3CCOCC3)cc2)C1=O. The van der Waals surface area contributed by atoms with Crippen LogP contribution in [-0.4, -0.2) is 32.1 Å². The van der Waals surface area contributed by atoms with Crippen LogP contribution in [-0.2, 0) is 9.53 Å². The summed E-state index contributed by atoms with van der Waals surface area (Å²) in [4.78, 5) is 15.1. The number of nitrogens with zero attached hydrogens (tertiary/aromatic N) is 1. The Labute approximate surface area is 145 Å². The van der Waals surface area contributed by atoms with Crippen LogP contribution in [0.15, 0.2) is 29.8 Å². The first-order valence-corrected chi connectivity index (χ1v) is 9.13. The molecule has 1 heterocycles. The number of carbonyl (C=O) groups is 1.